The Morgan fingerprint density at radius 1 is 1.35 bits per heavy atom. The molecule has 0 saturated heterocycles. The van der Waals surface area contributed by atoms with E-state index in [9.17, 15) is 4.79 Å². The Balaban J connectivity index is 1.80. The van der Waals surface area contributed by atoms with Crippen LogP contribution in [0.15, 0.2) is 36.5 Å². The first-order valence-electron chi connectivity index (χ1n) is 8.12. The molecule has 1 atom stereocenters. The lowest BCUT2D eigenvalue weighted by Gasteiger charge is -2.30. The van der Waals surface area contributed by atoms with Crippen molar-refractivity contribution in [3.63, 3.8) is 0 Å². The minimum Gasteiger partial charge on any atom is -0.367 e. The zero-order valence-corrected chi connectivity index (χ0v) is 14.0. The molecule has 120 valence electrons. The van der Waals surface area contributed by atoms with Gasteiger partial charge in [-0.25, -0.2) is 4.98 Å². The summed E-state index contributed by atoms with van der Waals surface area (Å²) >= 11 is 0. The fraction of sp³-hybridized carbons (Fsp3) is 0.368. The Bertz CT molecular complexity index is 726. The largest absolute Gasteiger partial charge is 0.367 e. The molecular formula is C19H23N3O. The van der Waals surface area contributed by atoms with Crippen LogP contribution in [-0.2, 0) is 4.79 Å². The lowest BCUT2D eigenvalue weighted by molar-refractivity contribution is -0.118. The van der Waals surface area contributed by atoms with Crippen molar-refractivity contribution in [2.45, 2.75) is 33.1 Å². The van der Waals surface area contributed by atoms with E-state index in [2.05, 4.69) is 36.3 Å². The van der Waals surface area contributed by atoms with Crippen LogP contribution in [0.5, 0.6) is 0 Å². The third kappa shape index (κ3) is 3.21. The van der Waals surface area contributed by atoms with Gasteiger partial charge in [0.2, 0.25) is 5.91 Å². The molecule has 1 amide bonds. The first-order chi connectivity index (χ1) is 11.1. The Morgan fingerprint density at radius 3 is 2.91 bits per heavy atom. The quantitative estimate of drug-likeness (QED) is 0.941. The monoisotopic (exact) mass is 309 g/mol. The molecule has 3 rings (SSSR count). The molecule has 2 heterocycles. The molecule has 1 aliphatic rings. The third-order valence-electron chi connectivity index (χ3n) is 4.42. The van der Waals surface area contributed by atoms with E-state index in [0.717, 1.165) is 23.6 Å². The van der Waals surface area contributed by atoms with Gasteiger partial charge in [-0.05, 0) is 42.5 Å². The average molecular weight is 309 g/mol. The summed E-state index contributed by atoms with van der Waals surface area (Å²) in [6, 6.07) is 10.3. The second-order valence-electron chi connectivity index (χ2n) is 6.31. The van der Waals surface area contributed by atoms with Crippen molar-refractivity contribution in [1.29, 1.82) is 0 Å². The van der Waals surface area contributed by atoms with Crippen molar-refractivity contribution in [3.05, 3.63) is 53.2 Å². The van der Waals surface area contributed by atoms with Gasteiger partial charge < -0.3 is 10.2 Å². The molecule has 1 unspecified atom stereocenters. The number of hydrogen-bond acceptors (Lipinski definition) is 3. The van der Waals surface area contributed by atoms with Gasteiger partial charge in [-0.2, -0.15) is 0 Å². The first-order valence-corrected chi connectivity index (χ1v) is 8.12. The molecule has 1 N–H and O–H groups in total. The second kappa shape index (κ2) is 6.41. The predicted octanol–water partition coefficient (Wildman–Crippen LogP) is 3.65. The van der Waals surface area contributed by atoms with Gasteiger partial charge in [0.1, 0.15) is 5.82 Å². The molecule has 0 bridgehead atoms. The maximum atomic E-state index is 12.8. The van der Waals surface area contributed by atoms with E-state index >= 15 is 0 Å². The summed E-state index contributed by atoms with van der Waals surface area (Å²) in [6.07, 6.45) is 2.34. The molecule has 23 heavy (non-hydrogen) atoms. The minimum atomic E-state index is 0.163. The molecule has 4 heteroatoms. The van der Waals surface area contributed by atoms with E-state index in [1.807, 2.05) is 36.2 Å². The van der Waals surface area contributed by atoms with Gasteiger partial charge in [-0.15, -0.1) is 0 Å². The Morgan fingerprint density at radius 2 is 2.13 bits per heavy atom. The van der Waals surface area contributed by atoms with Crippen LogP contribution in [0, 0.1) is 13.8 Å². The number of carbonyl (C=O) groups excluding carboxylic acids is 1. The molecule has 0 fully saturated rings. The SMILES string of the molecule is Cc1cnc2c(c1)N(C(=O)CC(C)c1ccccc1C)CCN2. The van der Waals surface area contributed by atoms with Crippen molar-refractivity contribution in [2.75, 3.05) is 23.3 Å². The molecule has 2 aromatic rings. The summed E-state index contributed by atoms with van der Waals surface area (Å²) in [7, 11) is 0. The highest BCUT2D eigenvalue weighted by atomic mass is 16.2. The normalized spacial score (nSPS) is 14.8. The summed E-state index contributed by atoms with van der Waals surface area (Å²) in [5.74, 6) is 1.18. The van der Waals surface area contributed by atoms with E-state index in [-0.39, 0.29) is 11.8 Å². The number of aryl methyl sites for hydroxylation is 2. The predicted molar refractivity (Wildman–Crippen MR) is 94.0 cm³/mol. The zero-order valence-electron chi connectivity index (χ0n) is 14.0. The zero-order chi connectivity index (χ0) is 16.4. The summed E-state index contributed by atoms with van der Waals surface area (Å²) in [5.41, 5.74) is 4.46. The summed E-state index contributed by atoms with van der Waals surface area (Å²) < 4.78 is 0. The maximum absolute atomic E-state index is 12.8. The maximum Gasteiger partial charge on any atom is 0.227 e. The lowest BCUT2D eigenvalue weighted by Crippen LogP contribution is -2.39. The summed E-state index contributed by atoms with van der Waals surface area (Å²) in [4.78, 5) is 19.1. The molecule has 4 nitrogen and oxygen atoms in total. The fourth-order valence-electron chi connectivity index (χ4n) is 3.18. The summed E-state index contributed by atoms with van der Waals surface area (Å²) in [5, 5.41) is 3.26. The van der Waals surface area contributed by atoms with E-state index in [0.29, 0.717) is 13.0 Å². The lowest BCUT2D eigenvalue weighted by atomic mass is 9.93. The molecule has 0 radical (unpaired) electrons. The van der Waals surface area contributed by atoms with Gasteiger partial charge in [0, 0.05) is 25.7 Å². The van der Waals surface area contributed by atoms with Crippen molar-refractivity contribution in [2.24, 2.45) is 0 Å². The van der Waals surface area contributed by atoms with Gasteiger partial charge in [0.15, 0.2) is 0 Å². The van der Waals surface area contributed by atoms with E-state index in [4.69, 9.17) is 0 Å². The van der Waals surface area contributed by atoms with Crippen molar-refractivity contribution < 1.29 is 4.79 Å². The van der Waals surface area contributed by atoms with Crippen LogP contribution >= 0.6 is 0 Å². The Hall–Kier alpha value is -2.36. The minimum absolute atomic E-state index is 0.163. The van der Waals surface area contributed by atoms with Crippen LogP contribution in [0.2, 0.25) is 0 Å². The smallest absolute Gasteiger partial charge is 0.227 e. The van der Waals surface area contributed by atoms with Crippen LogP contribution in [0.1, 0.15) is 36.0 Å². The van der Waals surface area contributed by atoms with Crippen LogP contribution in [-0.4, -0.2) is 24.0 Å². The second-order valence-corrected chi connectivity index (χ2v) is 6.31. The topological polar surface area (TPSA) is 45.2 Å². The number of amides is 1. The Kier molecular flexibility index (Phi) is 4.33. The van der Waals surface area contributed by atoms with E-state index in [1.54, 1.807) is 0 Å². The van der Waals surface area contributed by atoms with Gasteiger partial charge in [0.25, 0.3) is 0 Å². The number of pyridine rings is 1. The number of benzene rings is 1. The Labute approximate surface area is 137 Å². The van der Waals surface area contributed by atoms with Crippen LogP contribution in [0.4, 0.5) is 11.5 Å². The molecule has 0 spiro atoms. The van der Waals surface area contributed by atoms with E-state index < -0.39 is 0 Å². The number of carbonyl (C=O) groups is 1. The number of nitrogens with one attached hydrogen (secondary N) is 1. The standard InChI is InChI=1S/C19H23N3O/c1-13-10-17-19(21-12-13)20-8-9-22(17)18(23)11-15(3)16-7-5-4-6-14(16)2/h4-7,10,12,15H,8-9,11H2,1-3H3,(H,20,21). The van der Waals surface area contributed by atoms with Crippen molar-refractivity contribution in [3.8, 4) is 0 Å². The molecule has 1 aromatic carbocycles. The highest BCUT2D eigenvalue weighted by Crippen LogP contribution is 2.30. The number of anilines is 2. The van der Waals surface area contributed by atoms with Crippen molar-refractivity contribution >= 4 is 17.4 Å². The summed E-state index contributed by atoms with van der Waals surface area (Å²) in [6.45, 7) is 7.66. The highest BCUT2D eigenvalue weighted by molar-refractivity contribution is 5.97. The average Bonchev–Trinajstić information content (AvgIpc) is 2.54. The van der Waals surface area contributed by atoms with Crippen LogP contribution < -0.4 is 10.2 Å². The molecule has 0 aliphatic carbocycles. The van der Waals surface area contributed by atoms with Gasteiger partial charge in [-0.3, -0.25) is 4.79 Å². The molecule has 1 aromatic heterocycles. The van der Waals surface area contributed by atoms with Crippen LogP contribution in [0.25, 0.3) is 0 Å². The number of fused-ring (bicyclic) bond motifs is 1. The number of aromatic nitrogens is 1. The third-order valence-corrected chi connectivity index (χ3v) is 4.42. The number of hydrogen-bond donors (Lipinski definition) is 1. The van der Waals surface area contributed by atoms with Gasteiger partial charge in [-0.1, -0.05) is 31.2 Å². The molecule has 1 aliphatic heterocycles. The molecular weight excluding hydrogens is 286 g/mol. The number of rotatable bonds is 3. The van der Waals surface area contributed by atoms with Gasteiger partial charge in [0.05, 0.1) is 5.69 Å². The van der Waals surface area contributed by atoms with E-state index in [1.165, 1.54) is 11.1 Å². The highest BCUT2D eigenvalue weighted by Gasteiger charge is 2.25. The van der Waals surface area contributed by atoms with Crippen LogP contribution in [0.3, 0.4) is 0 Å². The first kappa shape index (κ1) is 15.5. The van der Waals surface area contributed by atoms with Gasteiger partial charge >= 0.3 is 0 Å². The fourth-order valence-corrected chi connectivity index (χ4v) is 3.18. The molecule has 0 saturated carbocycles. The number of nitrogens with zero attached hydrogens (tertiary/aromatic N) is 2. The van der Waals surface area contributed by atoms with Crippen molar-refractivity contribution in [1.82, 2.24) is 4.98 Å².